The number of non-ortho nitro benzene ring substituents is 1. The molecule has 0 heterocycles. The van der Waals surface area contributed by atoms with Crippen molar-refractivity contribution >= 4 is 33.0 Å². The van der Waals surface area contributed by atoms with Crippen LogP contribution in [0.4, 0.5) is 17.1 Å². The summed E-state index contributed by atoms with van der Waals surface area (Å²) in [6, 6.07) is 13.2. The van der Waals surface area contributed by atoms with Crippen molar-refractivity contribution in [2.45, 2.75) is 19.2 Å². The predicted octanol–water partition coefficient (Wildman–Crippen LogP) is 4.96. The van der Waals surface area contributed by atoms with Crippen molar-refractivity contribution in [1.29, 1.82) is 0 Å². The Labute approximate surface area is 132 Å². The van der Waals surface area contributed by atoms with E-state index in [1.54, 1.807) is 12.1 Å². The smallest absolute Gasteiger partial charge is 0.269 e. The van der Waals surface area contributed by atoms with Crippen LogP contribution in [0.15, 0.2) is 42.5 Å². The van der Waals surface area contributed by atoms with E-state index in [1.807, 2.05) is 18.2 Å². The van der Waals surface area contributed by atoms with Crippen molar-refractivity contribution in [2.75, 3.05) is 11.4 Å². The highest BCUT2D eigenvalue weighted by atomic mass is 79.9. The van der Waals surface area contributed by atoms with Gasteiger partial charge >= 0.3 is 0 Å². The van der Waals surface area contributed by atoms with Crippen LogP contribution in [0.2, 0.25) is 0 Å². The number of alkyl halides is 1. The lowest BCUT2D eigenvalue weighted by Gasteiger charge is -2.27. The fourth-order valence-corrected chi connectivity index (χ4v) is 2.84. The summed E-state index contributed by atoms with van der Waals surface area (Å²) < 4.78 is 0. The first kappa shape index (κ1) is 15.5. The number of halogens is 1. The fraction of sp³-hybridized carbons (Fsp3) is 0.250. The molecule has 21 heavy (non-hydrogen) atoms. The molecule has 0 saturated heterocycles. The third-order valence-electron chi connectivity index (χ3n) is 3.43. The van der Waals surface area contributed by atoms with E-state index in [0.29, 0.717) is 5.33 Å². The molecule has 0 aliphatic carbocycles. The van der Waals surface area contributed by atoms with E-state index in [9.17, 15) is 10.1 Å². The number of para-hydroxylation sites is 1. The van der Waals surface area contributed by atoms with Crippen LogP contribution in [0.25, 0.3) is 0 Å². The van der Waals surface area contributed by atoms with Crippen molar-refractivity contribution in [3.8, 4) is 0 Å². The number of nitro groups is 1. The van der Waals surface area contributed by atoms with E-state index in [1.165, 1.54) is 5.56 Å². The van der Waals surface area contributed by atoms with E-state index in [0.717, 1.165) is 23.5 Å². The molecule has 0 N–H and O–H groups in total. The minimum atomic E-state index is -0.361. The Kier molecular flexibility index (Phi) is 4.96. The lowest BCUT2D eigenvalue weighted by Crippen LogP contribution is -2.18. The average Bonchev–Trinajstić information content (AvgIpc) is 2.49. The molecule has 0 saturated carbocycles. The molecule has 0 unspecified atom stereocenters. The number of benzene rings is 2. The molecule has 0 atom stereocenters. The maximum atomic E-state index is 10.9. The minimum Gasteiger partial charge on any atom is -0.341 e. The van der Waals surface area contributed by atoms with Crippen LogP contribution in [0.5, 0.6) is 0 Å². The van der Waals surface area contributed by atoms with E-state index in [4.69, 9.17) is 0 Å². The standard InChI is InChI=1S/C16H17BrN2O2/c1-3-18(15-7-5-4-6-12(15)2)16-9-8-14(19(20)21)10-13(16)11-17/h4-10H,3,11H2,1-2H3. The average molecular weight is 349 g/mol. The first-order valence-corrected chi connectivity index (χ1v) is 7.87. The Balaban J connectivity index is 2.52. The topological polar surface area (TPSA) is 46.4 Å². The van der Waals surface area contributed by atoms with Crippen LogP contribution in [0.3, 0.4) is 0 Å². The van der Waals surface area contributed by atoms with Gasteiger partial charge in [0.15, 0.2) is 0 Å². The lowest BCUT2D eigenvalue weighted by atomic mass is 10.1. The number of nitrogens with zero attached hydrogens (tertiary/aromatic N) is 2. The normalized spacial score (nSPS) is 10.4. The van der Waals surface area contributed by atoms with Crippen molar-refractivity contribution in [2.24, 2.45) is 0 Å². The molecule has 0 radical (unpaired) electrons. The number of rotatable bonds is 5. The van der Waals surface area contributed by atoms with Crippen molar-refractivity contribution < 1.29 is 4.92 Å². The molecule has 110 valence electrons. The minimum absolute atomic E-state index is 0.119. The molecule has 0 bridgehead atoms. The van der Waals surface area contributed by atoms with Gasteiger partial charge in [-0.3, -0.25) is 10.1 Å². The van der Waals surface area contributed by atoms with Gasteiger partial charge in [0.2, 0.25) is 0 Å². The molecule has 2 aromatic carbocycles. The number of aryl methyl sites for hydroxylation is 1. The van der Waals surface area contributed by atoms with Crippen molar-refractivity contribution in [1.82, 2.24) is 0 Å². The third kappa shape index (κ3) is 3.24. The molecule has 0 aliphatic rings. The van der Waals surface area contributed by atoms with Gasteiger partial charge in [-0.1, -0.05) is 34.1 Å². The monoisotopic (exact) mass is 348 g/mol. The quantitative estimate of drug-likeness (QED) is 0.436. The molecule has 0 spiro atoms. The molecule has 0 aromatic heterocycles. The number of hydrogen-bond acceptors (Lipinski definition) is 3. The zero-order valence-corrected chi connectivity index (χ0v) is 13.6. The van der Waals surface area contributed by atoms with E-state index in [2.05, 4.69) is 46.8 Å². The highest BCUT2D eigenvalue weighted by Crippen LogP contribution is 2.33. The van der Waals surface area contributed by atoms with Gasteiger partial charge in [-0.15, -0.1) is 0 Å². The fourth-order valence-electron chi connectivity index (χ4n) is 2.39. The molecule has 0 aliphatic heterocycles. The third-order valence-corrected chi connectivity index (χ3v) is 4.04. The zero-order chi connectivity index (χ0) is 15.4. The van der Waals surface area contributed by atoms with Crippen LogP contribution in [0, 0.1) is 17.0 Å². The van der Waals surface area contributed by atoms with E-state index < -0.39 is 0 Å². The summed E-state index contributed by atoms with van der Waals surface area (Å²) in [5.41, 5.74) is 4.33. The Morgan fingerprint density at radius 1 is 1.19 bits per heavy atom. The molecule has 2 aromatic rings. The van der Waals surface area contributed by atoms with Gasteiger partial charge < -0.3 is 4.90 Å². The zero-order valence-electron chi connectivity index (χ0n) is 12.0. The van der Waals surface area contributed by atoms with Gasteiger partial charge in [-0.05, 0) is 37.1 Å². The van der Waals surface area contributed by atoms with Gasteiger partial charge in [-0.2, -0.15) is 0 Å². The van der Waals surface area contributed by atoms with Gasteiger partial charge in [0.1, 0.15) is 0 Å². The van der Waals surface area contributed by atoms with Gasteiger partial charge in [0.05, 0.1) is 4.92 Å². The van der Waals surface area contributed by atoms with Gasteiger partial charge in [-0.25, -0.2) is 0 Å². The maximum absolute atomic E-state index is 10.9. The van der Waals surface area contributed by atoms with Crippen LogP contribution < -0.4 is 4.90 Å². The summed E-state index contributed by atoms with van der Waals surface area (Å²) in [5, 5.41) is 11.5. The Morgan fingerprint density at radius 3 is 2.48 bits per heavy atom. The SMILES string of the molecule is CCN(c1ccccc1C)c1ccc([N+](=O)[O-])cc1CBr. The number of nitro benzene ring substituents is 1. The lowest BCUT2D eigenvalue weighted by molar-refractivity contribution is -0.384. The van der Waals surface area contributed by atoms with E-state index >= 15 is 0 Å². The van der Waals surface area contributed by atoms with Crippen molar-refractivity contribution in [3.63, 3.8) is 0 Å². The van der Waals surface area contributed by atoms with Gasteiger partial charge in [0, 0.05) is 35.4 Å². The molecular weight excluding hydrogens is 332 g/mol. The summed E-state index contributed by atoms with van der Waals surface area (Å²) in [5.74, 6) is 0. The molecular formula is C16H17BrN2O2. The summed E-state index contributed by atoms with van der Waals surface area (Å²) >= 11 is 3.43. The summed E-state index contributed by atoms with van der Waals surface area (Å²) in [7, 11) is 0. The number of anilines is 2. The van der Waals surface area contributed by atoms with Crippen LogP contribution in [0.1, 0.15) is 18.1 Å². The van der Waals surface area contributed by atoms with Crippen LogP contribution in [-0.4, -0.2) is 11.5 Å². The van der Waals surface area contributed by atoms with Crippen molar-refractivity contribution in [3.05, 3.63) is 63.7 Å². The second-order valence-corrected chi connectivity index (χ2v) is 5.30. The Hall–Kier alpha value is -1.88. The van der Waals surface area contributed by atoms with Gasteiger partial charge in [0.25, 0.3) is 5.69 Å². The Bertz CT molecular complexity index is 658. The second kappa shape index (κ2) is 6.72. The second-order valence-electron chi connectivity index (χ2n) is 4.73. The molecule has 4 nitrogen and oxygen atoms in total. The molecule has 2 rings (SSSR count). The molecule has 5 heteroatoms. The first-order valence-electron chi connectivity index (χ1n) is 6.75. The first-order chi connectivity index (χ1) is 10.1. The summed E-state index contributed by atoms with van der Waals surface area (Å²) in [6.45, 7) is 4.94. The highest BCUT2D eigenvalue weighted by molar-refractivity contribution is 9.08. The van der Waals surface area contributed by atoms with Crippen LogP contribution in [-0.2, 0) is 5.33 Å². The Morgan fingerprint density at radius 2 is 1.90 bits per heavy atom. The van der Waals surface area contributed by atoms with E-state index in [-0.39, 0.29) is 10.6 Å². The number of hydrogen-bond donors (Lipinski definition) is 0. The summed E-state index contributed by atoms with van der Waals surface area (Å²) in [6.07, 6.45) is 0. The largest absolute Gasteiger partial charge is 0.341 e. The summed E-state index contributed by atoms with van der Waals surface area (Å²) in [4.78, 5) is 12.7. The molecule has 0 amide bonds. The van der Waals surface area contributed by atoms with Crippen LogP contribution >= 0.6 is 15.9 Å². The molecule has 0 fully saturated rings. The predicted molar refractivity (Wildman–Crippen MR) is 89.6 cm³/mol. The maximum Gasteiger partial charge on any atom is 0.269 e. The highest BCUT2D eigenvalue weighted by Gasteiger charge is 2.16.